The number of imidazole rings is 1. The predicted molar refractivity (Wildman–Crippen MR) is 82.5 cm³/mol. The molecule has 1 aromatic heterocycles. The van der Waals surface area contributed by atoms with Gasteiger partial charge in [0.05, 0.1) is 6.04 Å². The van der Waals surface area contributed by atoms with Crippen LogP contribution < -0.4 is 5.32 Å². The number of rotatable bonds is 5. The van der Waals surface area contributed by atoms with Gasteiger partial charge in [-0.1, -0.05) is 6.92 Å². The molecule has 3 rings (SSSR count). The molecule has 1 unspecified atom stereocenters. The molecule has 1 aromatic rings. The van der Waals surface area contributed by atoms with Gasteiger partial charge in [-0.15, -0.1) is 0 Å². The minimum Gasteiger partial charge on any atom is -0.328 e. The van der Waals surface area contributed by atoms with Gasteiger partial charge in [-0.3, -0.25) is 9.69 Å². The summed E-state index contributed by atoms with van der Waals surface area (Å²) in [6.07, 6.45) is 9.16. The molecule has 0 bridgehead atoms. The van der Waals surface area contributed by atoms with Gasteiger partial charge >= 0.3 is 0 Å². The molecule has 5 heteroatoms. The molecule has 0 aromatic carbocycles. The second-order valence-corrected chi connectivity index (χ2v) is 6.19. The molecule has 2 aliphatic rings. The Morgan fingerprint density at radius 3 is 2.95 bits per heavy atom. The van der Waals surface area contributed by atoms with Crippen molar-refractivity contribution >= 4 is 5.78 Å². The topological polar surface area (TPSA) is 50.2 Å². The molecule has 0 amide bonds. The van der Waals surface area contributed by atoms with Crippen molar-refractivity contribution in [2.24, 2.45) is 0 Å². The maximum atomic E-state index is 12.9. The second kappa shape index (κ2) is 6.71. The number of likely N-dealkylation sites (tertiary alicyclic amines) is 1. The predicted octanol–water partition coefficient (Wildman–Crippen LogP) is 1.69. The lowest BCUT2D eigenvalue weighted by Gasteiger charge is -2.35. The summed E-state index contributed by atoms with van der Waals surface area (Å²) in [5, 5.41) is 3.41. The molecule has 1 N–H and O–H groups in total. The van der Waals surface area contributed by atoms with Crippen molar-refractivity contribution in [3.05, 3.63) is 18.2 Å². The number of piperidine rings is 1. The molecule has 2 aliphatic heterocycles. The molecule has 0 saturated carbocycles. The maximum absolute atomic E-state index is 12.9. The SMILES string of the molecule is CCCn1ccnc1C(=O)C1CCCN1C1CCNCC1. The number of nitrogens with zero attached hydrogens (tertiary/aromatic N) is 3. The zero-order valence-electron chi connectivity index (χ0n) is 12.9. The quantitative estimate of drug-likeness (QED) is 0.839. The zero-order chi connectivity index (χ0) is 14.7. The first-order chi connectivity index (χ1) is 10.3. The third-order valence-electron chi connectivity index (χ3n) is 4.77. The van der Waals surface area contributed by atoms with Crippen LogP contribution in [0.2, 0.25) is 0 Å². The van der Waals surface area contributed by atoms with Gasteiger partial charge in [-0.25, -0.2) is 4.98 Å². The summed E-state index contributed by atoms with van der Waals surface area (Å²) >= 11 is 0. The summed E-state index contributed by atoms with van der Waals surface area (Å²) in [5.74, 6) is 0.882. The molecule has 2 fully saturated rings. The first kappa shape index (κ1) is 14.7. The molecule has 5 nitrogen and oxygen atoms in total. The number of hydrogen-bond acceptors (Lipinski definition) is 4. The summed E-state index contributed by atoms with van der Waals surface area (Å²) < 4.78 is 2.02. The van der Waals surface area contributed by atoms with Gasteiger partial charge in [0.15, 0.2) is 5.82 Å². The molecule has 3 heterocycles. The van der Waals surface area contributed by atoms with Crippen LogP contribution in [-0.2, 0) is 6.54 Å². The van der Waals surface area contributed by atoms with E-state index < -0.39 is 0 Å². The molecule has 2 saturated heterocycles. The van der Waals surface area contributed by atoms with Crippen molar-refractivity contribution < 1.29 is 4.79 Å². The van der Waals surface area contributed by atoms with E-state index in [9.17, 15) is 4.79 Å². The monoisotopic (exact) mass is 290 g/mol. The fraction of sp³-hybridized carbons (Fsp3) is 0.750. The largest absolute Gasteiger partial charge is 0.328 e. The standard InChI is InChI=1S/C16H26N4O/c1-2-10-19-12-9-18-16(19)15(21)14-4-3-11-20(14)13-5-7-17-8-6-13/h9,12-14,17H,2-8,10-11H2,1H3. The van der Waals surface area contributed by atoms with E-state index in [-0.39, 0.29) is 11.8 Å². The lowest BCUT2D eigenvalue weighted by molar-refractivity contribution is 0.0768. The van der Waals surface area contributed by atoms with Crippen molar-refractivity contribution in [3.8, 4) is 0 Å². The van der Waals surface area contributed by atoms with E-state index >= 15 is 0 Å². The number of aromatic nitrogens is 2. The van der Waals surface area contributed by atoms with Gasteiger partial charge in [0, 0.05) is 25.0 Å². The van der Waals surface area contributed by atoms with Crippen LogP contribution in [0.15, 0.2) is 12.4 Å². The van der Waals surface area contributed by atoms with E-state index in [1.165, 1.54) is 0 Å². The highest BCUT2D eigenvalue weighted by Crippen LogP contribution is 2.26. The van der Waals surface area contributed by atoms with Crippen molar-refractivity contribution in [3.63, 3.8) is 0 Å². The fourth-order valence-corrected chi connectivity index (χ4v) is 3.75. The number of aryl methyl sites for hydroxylation is 1. The Labute approximate surface area is 126 Å². The molecule has 0 aliphatic carbocycles. The minimum atomic E-state index is 0.0473. The molecule has 21 heavy (non-hydrogen) atoms. The fourth-order valence-electron chi connectivity index (χ4n) is 3.75. The van der Waals surface area contributed by atoms with Crippen LogP contribution in [0.1, 0.15) is 49.6 Å². The zero-order valence-corrected chi connectivity index (χ0v) is 12.9. The average Bonchev–Trinajstić information content (AvgIpc) is 3.17. The van der Waals surface area contributed by atoms with Crippen molar-refractivity contribution in [2.75, 3.05) is 19.6 Å². The van der Waals surface area contributed by atoms with Gasteiger partial charge < -0.3 is 9.88 Å². The first-order valence-electron chi connectivity index (χ1n) is 8.33. The normalized spacial score (nSPS) is 24.5. The highest BCUT2D eigenvalue weighted by Gasteiger charge is 2.37. The summed E-state index contributed by atoms with van der Waals surface area (Å²) in [6, 6.07) is 0.614. The summed E-state index contributed by atoms with van der Waals surface area (Å²) in [6.45, 7) is 6.22. The first-order valence-corrected chi connectivity index (χ1v) is 8.33. The van der Waals surface area contributed by atoms with Crippen LogP contribution in [-0.4, -0.2) is 52.0 Å². The number of carbonyl (C=O) groups excluding carboxylic acids is 1. The molecule has 0 spiro atoms. The Hall–Kier alpha value is -1.20. The molecular formula is C16H26N4O. The smallest absolute Gasteiger partial charge is 0.215 e. The van der Waals surface area contributed by atoms with Crippen LogP contribution in [0.25, 0.3) is 0 Å². The number of carbonyl (C=O) groups is 1. The summed E-state index contributed by atoms with van der Waals surface area (Å²) in [4.78, 5) is 19.7. The van der Waals surface area contributed by atoms with Crippen LogP contribution in [0.3, 0.4) is 0 Å². The van der Waals surface area contributed by atoms with E-state index in [1.54, 1.807) is 6.20 Å². The molecule has 116 valence electrons. The Kier molecular flexibility index (Phi) is 4.70. The van der Waals surface area contributed by atoms with E-state index in [4.69, 9.17) is 0 Å². The molecular weight excluding hydrogens is 264 g/mol. The lowest BCUT2D eigenvalue weighted by Crippen LogP contribution is -2.48. The van der Waals surface area contributed by atoms with Crippen LogP contribution >= 0.6 is 0 Å². The van der Waals surface area contributed by atoms with Crippen LogP contribution in [0, 0.1) is 0 Å². The molecule has 0 radical (unpaired) electrons. The van der Waals surface area contributed by atoms with Crippen molar-refractivity contribution in [1.29, 1.82) is 0 Å². The van der Waals surface area contributed by atoms with Gasteiger partial charge in [0.2, 0.25) is 5.78 Å². The average molecular weight is 290 g/mol. The Morgan fingerprint density at radius 1 is 1.38 bits per heavy atom. The summed E-state index contributed by atoms with van der Waals surface area (Å²) in [7, 11) is 0. The Bertz CT molecular complexity index is 478. The third-order valence-corrected chi connectivity index (χ3v) is 4.77. The maximum Gasteiger partial charge on any atom is 0.215 e. The van der Waals surface area contributed by atoms with E-state index in [1.807, 2.05) is 10.8 Å². The minimum absolute atomic E-state index is 0.0473. The Balaban J connectivity index is 1.74. The van der Waals surface area contributed by atoms with Crippen molar-refractivity contribution in [2.45, 2.75) is 57.7 Å². The van der Waals surface area contributed by atoms with Crippen LogP contribution in [0.5, 0.6) is 0 Å². The van der Waals surface area contributed by atoms with E-state index in [0.717, 1.165) is 58.3 Å². The number of nitrogens with one attached hydrogen (secondary N) is 1. The van der Waals surface area contributed by atoms with Gasteiger partial charge in [0.1, 0.15) is 0 Å². The van der Waals surface area contributed by atoms with Gasteiger partial charge in [-0.2, -0.15) is 0 Å². The van der Waals surface area contributed by atoms with Crippen molar-refractivity contribution in [1.82, 2.24) is 19.8 Å². The Morgan fingerprint density at radius 2 is 2.19 bits per heavy atom. The number of Topliss-reactive ketones (excluding diaryl/α,β-unsaturated/α-hetero) is 1. The highest BCUT2D eigenvalue weighted by molar-refractivity contribution is 5.97. The van der Waals surface area contributed by atoms with Gasteiger partial charge in [-0.05, 0) is 51.7 Å². The number of ketones is 1. The van der Waals surface area contributed by atoms with Crippen LogP contribution in [0.4, 0.5) is 0 Å². The van der Waals surface area contributed by atoms with Gasteiger partial charge in [0.25, 0.3) is 0 Å². The summed E-state index contributed by atoms with van der Waals surface area (Å²) in [5.41, 5.74) is 0. The second-order valence-electron chi connectivity index (χ2n) is 6.19. The van der Waals surface area contributed by atoms with E-state index in [2.05, 4.69) is 22.1 Å². The third kappa shape index (κ3) is 3.04. The number of hydrogen-bond donors (Lipinski definition) is 1. The van der Waals surface area contributed by atoms with E-state index in [0.29, 0.717) is 11.9 Å². The highest BCUT2D eigenvalue weighted by atomic mass is 16.1. The molecule has 1 atom stereocenters. The lowest BCUT2D eigenvalue weighted by atomic mass is 10.0.